The Kier molecular flexibility index (Phi) is 6.46. The Morgan fingerprint density at radius 2 is 2.05 bits per heavy atom. The number of amidine groups is 1. The van der Waals surface area contributed by atoms with Crippen LogP contribution in [0.25, 0.3) is 0 Å². The van der Waals surface area contributed by atoms with Gasteiger partial charge in [0.1, 0.15) is 5.75 Å². The smallest absolute Gasteiger partial charge is 0.409 e. The summed E-state index contributed by atoms with van der Waals surface area (Å²) in [7, 11) is 0. The van der Waals surface area contributed by atoms with Gasteiger partial charge in [-0.15, -0.1) is 0 Å². The van der Waals surface area contributed by atoms with Crippen LogP contribution in [0.2, 0.25) is 0 Å². The average Bonchev–Trinajstić information content (AvgIpc) is 2.39. The van der Waals surface area contributed by atoms with Crippen molar-refractivity contribution < 1.29 is 9.53 Å². The predicted molar refractivity (Wildman–Crippen MR) is 80.3 cm³/mol. The maximum atomic E-state index is 11.4. The van der Waals surface area contributed by atoms with Crippen LogP contribution in [0.1, 0.15) is 13.8 Å². The number of aliphatic imine (C=N–C) groups is 1. The van der Waals surface area contributed by atoms with E-state index < -0.39 is 6.09 Å². The molecule has 0 aromatic heterocycles. The first kappa shape index (κ1) is 15.0. The van der Waals surface area contributed by atoms with Crippen molar-refractivity contribution in [3.05, 3.63) is 53.5 Å². The normalized spacial score (nSPS) is 12.7. The van der Waals surface area contributed by atoms with E-state index in [0.29, 0.717) is 5.75 Å². The van der Waals surface area contributed by atoms with Crippen LogP contribution in [0.5, 0.6) is 5.75 Å². The Labute approximate surface area is 117 Å². The van der Waals surface area contributed by atoms with Crippen LogP contribution < -0.4 is 10.5 Å². The second-order valence-electron chi connectivity index (χ2n) is 3.58. The van der Waals surface area contributed by atoms with Crippen molar-refractivity contribution in [3.63, 3.8) is 0 Å². The quantitative estimate of drug-likeness (QED) is 0.519. The standard InChI is InChI=1S/C14H16N2O2S/c1-3-11(2)9-10-19-13(15)16-14(17)18-12-7-5-4-6-8-12/h3-10H,1-2H3,(H2,15,16,17)/b10-9+,11-3+. The van der Waals surface area contributed by atoms with Gasteiger partial charge in [-0.2, -0.15) is 4.99 Å². The number of ether oxygens (including phenoxy) is 1. The summed E-state index contributed by atoms with van der Waals surface area (Å²) in [6.07, 6.45) is 3.12. The second-order valence-corrected chi connectivity index (χ2v) is 4.51. The maximum Gasteiger partial charge on any atom is 0.441 e. The number of thioether (sulfide) groups is 1. The molecule has 0 radical (unpaired) electrons. The van der Waals surface area contributed by atoms with Crippen LogP contribution in [0.3, 0.4) is 0 Å². The van der Waals surface area contributed by atoms with E-state index in [9.17, 15) is 4.79 Å². The summed E-state index contributed by atoms with van der Waals surface area (Å²) in [6, 6.07) is 8.72. The van der Waals surface area contributed by atoms with E-state index in [1.54, 1.807) is 29.7 Å². The van der Waals surface area contributed by atoms with E-state index in [-0.39, 0.29) is 5.17 Å². The zero-order chi connectivity index (χ0) is 14.1. The minimum absolute atomic E-state index is 0.140. The molecule has 0 saturated carbocycles. The van der Waals surface area contributed by atoms with Crippen molar-refractivity contribution in [2.45, 2.75) is 13.8 Å². The van der Waals surface area contributed by atoms with Gasteiger partial charge in [0.25, 0.3) is 0 Å². The van der Waals surface area contributed by atoms with Gasteiger partial charge in [-0.05, 0) is 31.4 Å². The van der Waals surface area contributed by atoms with Crippen molar-refractivity contribution in [3.8, 4) is 5.75 Å². The highest BCUT2D eigenvalue weighted by atomic mass is 32.2. The molecule has 0 heterocycles. The molecule has 0 saturated heterocycles. The summed E-state index contributed by atoms with van der Waals surface area (Å²) >= 11 is 1.16. The topological polar surface area (TPSA) is 64.7 Å². The third-order valence-corrected chi connectivity index (χ3v) is 2.73. The van der Waals surface area contributed by atoms with Gasteiger partial charge < -0.3 is 10.5 Å². The lowest BCUT2D eigenvalue weighted by Crippen LogP contribution is -2.11. The molecular formula is C14H16N2O2S. The molecule has 0 aliphatic rings. The number of para-hydroxylation sites is 1. The van der Waals surface area contributed by atoms with Crippen LogP contribution >= 0.6 is 11.8 Å². The van der Waals surface area contributed by atoms with Gasteiger partial charge >= 0.3 is 6.09 Å². The Morgan fingerprint density at radius 3 is 2.68 bits per heavy atom. The van der Waals surface area contributed by atoms with Gasteiger partial charge in [0.05, 0.1) is 0 Å². The number of benzene rings is 1. The highest BCUT2D eigenvalue weighted by Gasteiger charge is 2.03. The zero-order valence-electron chi connectivity index (χ0n) is 10.9. The Balaban J connectivity index is 2.50. The first-order chi connectivity index (χ1) is 9.11. The van der Waals surface area contributed by atoms with E-state index in [0.717, 1.165) is 17.3 Å². The molecule has 0 aliphatic carbocycles. The molecule has 19 heavy (non-hydrogen) atoms. The van der Waals surface area contributed by atoms with Gasteiger partial charge in [0, 0.05) is 0 Å². The summed E-state index contributed by atoms with van der Waals surface area (Å²) in [6.45, 7) is 3.91. The number of hydrogen-bond donors (Lipinski definition) is 1. The summed E-state index contributed by atoms with van der Waals surface area (Å²) < 4.78 is 4.98. The van der Waals surface area contributed by atoms with E-state index in [1.165, 1.54) is 0 Å². The Bertz CT molecular complexity index is 507. The lowest BCUT2D eigenvalue weighted by molar-refractivity contribution is 0.211. The first-order valence-electron chi connectivity index (χ1n) is 5.69. The molecule has 0 atom stereocenters. The van der Waals surface area contributed by atoms with Gasteiger partial charge in [-0.3, -0.25) is 0 Å². The number of nitrogens with zero attached hydrogens (tertiary/aromatic N) is 1. The molecule has 2 N–H and O–H groups in total. The maximum absolute atomic E-state index is 11.4. The van der Waals surface area contributed by atoms with Crippen LogP contribution in [0, 0.1) is 0 Å². The molecule has 1 amide bonds. The van der Waals surface area contributed by atoms with Gasteiger partial charge in [0.15, 0.2) is 5.17 Å². The zero-order valence-corrected chi connectivity index (χ0v) is 11.7. The summed E-state index contributed by atoms with van der Waals surface area (Å²) in [5.41, 5.74) is 6.70. The summed E-state index contributed by atoms with van der Waals surface area (Å²) in [4.78, 5) is 15.1. The third-order valence-electron chi connectivity index (χ3n) is 2.12. The third kappa shape index (κ3) is 6.47. The van der Waals surface area contributed by atoms with Crippen LogP contribution in [-0.2, 0) is 0 Å². The van der Waals surface area contributed by atoms with Crippen LogP contribution in [0.4, 0.5) is 4.79 Å². The van der Waals surface area contributed by atoms with Crippen molar-refractivity contribution in [2.24, 2.45) is 10.7 Å². The second kappa shape index (κ2) is 8.16. The molecule has 0 unspecified atom stereocenters. The van der Waals surface area contributed by atoms with Gasteiger partial charge in [-0.1, -0.05) is 47.7 Å². The highest BCUT2D eigenvalue weighted by molar-refractivity contribution is 8.16. The number of nitrogens with two attached hydrogens (primary N) is 1. The molecule has 1 rings (SSSR count). The van der Waals surface area contributed by atoms with E-state index in [2.05, 4.69) is 4.99 Å². The SMILES string of the molecule is C/C=C(C)/C=C/S/C(N)=N\C(=O)Oc1ccccc1. The number of amides is 1. The average molecular weight is 276 g/mol. The molecule has 1 aromatic rings. The molecule has 1 aromatic carbocycles. The molecule has 0 fully saturated rings. The van der Waals surface area contributed by atoms with Crippen LogP contribution in [-0.4, -0.2) is 11.3 Å². The number of carbonyl (C=O) groups excluding carboxylic acids is 1. The highest BCUT2D eigenvalue weighted by Crippen LogP contribution is 2.10. The monoisotopic (exact) mass is 276 g/mol. The molecule has 0 aliphatic heterocycles. The number of hydrogen-bond acceptors (Lipinski definition) is 3. The van der Waals surface area contributed by atoms with Gasteiger partial charge in [0.2, 0.25) is 0 Å². The van der Waals surface area contributed by atoms with Crippen molar-refractivity contribution in [2.75, 3.05) is 0 Å². The van der Waals surface area contributed by atoms with E-state index >= 15 is 0 Å². The molecule has 5 heteroatoms. The van der Waals surface area contributed by atoms with Crippen LogP contribution in [0.15, 0.2) is 58.5 Å². The van der Waals surface area contributed by atoms with Crippen molar-refractivity contribution in [1.29, 1.82) is 0 Å². The summed E-state index contributed by atoms with van der Waals surface area (Å²) in [5, 5.41) is 1.91. The van der Waals surface area contributed by atoms with Crippen molar-refractivity contribution in [1.82, 2.24) is 0 Å². The Hall–Kier alpha value is -2.01. The van der Waals surface area contributed by atoms with E-state index in [4.69, 9.17) is 10.5 Å². The fourth-order valence-corrected chi connectivity index (χ4v) is 1.59. The lowest BCUT2D eigenvalue weighted by Gasteiger charge is -2.00. The minimum atomic E-state index is -0.729. The minimum Gasteiger partial charge on any atom is -0.409 e. The fraction of sp³-hybridized carbons (Fsp3) is 0.143. The number of carbonyl (C=O) groups is 1. The van der Waals surface area contributed by atoms with Crippen molar-refractivity contribution >= 4 is 23.0 Å². The number of allylic oxidation sites excluding steroid dienone is 3. The molecule has 0 spiro atoms. The molecular weight excluding hydrogens is 260 g/mol. The van der Waals surface area contributed by atoms with Gasteiger partial charge in [-0.25, -0.2) is 4.79 Å². The molecule has 4 nitrogen and oxygen atoms in total. The molecule has 0 bridgehead atoms. The predicted octanol–water partition coefficient (Wildman–Crippen LogP) is 3.71. The number of rotatable bonds is 3. The molecule has 100 valence electrons. The Morgan fingerprint density at radius 1 is 1.37 bits per heavy atom. The first-order valence-corrected chi connectivity index (χ1v) is 6.57. The summed E-state index contributed by atoms with van der Waals surface area (Å²) in [5.74, 6) is 0.439. The van der Waals surface area contributed by atoms with E-state index in [1.807, 2.05) is 32.1 Å². The largest absolute Gasteiger partial charge is 0.441 e. The lowest BCUT2D eigenvalue weighted by atomic mass is 10.3. The fourth-order valence-electron chi connectivity index (χ4n) is 1.04.